The van der Waals surface area contributed by atoms with E-state index in [1.807, 2.05) is 51.1 Å². The standard InChI is InChI=1S/C27H22.C12H9NS.C7H8.C3H6.C2H6.CH5N/c1-19-18-22(26-14-6-10-20-8-2-4-12-24(20)26)16-17-23(19)27-15-7-11-21-9-3-5-13-25(21)27;13-8-5-6-10-9-3-1-2-4-11(9)14-12(10)7-8;1-7-5-3-2-4-6-7;1-3-2;2*1-2/h2-5,7-9,11-18H,6,10H2,1H3;1-7H,13H2;2-6H,1H3;3H,1H2,2H3;1-2H3;2H2,1H3. The zero-order valence-electron chi connectivity index (χ0n) is 33.4. The summed E-state index contributed by atoms with van der Waals surface area (Å²) in [6, 6.07) is 55.8. The highest BCUT2D eigenvalue weighted by Gasteiger charge is 2.15. The van der Waals surface area contributed by atoms with Crippen LogP contribution in [-0.2, 0) is 6.42 Å². The van der Waals surface area contributed by atoms with Gasteiger partial charge in [-0.15, -0.1) is 17.9 Å². The van der Waals surface area contributed by atoms with Gasteiger partial charge in [-0.05, 0) is 109 Å². The average Bonchev–Trinajstić information content (AvgIpc) is 3.60. The van der Waals surface area contributed by atoms with Crippen LogP contribution in [0.1, 0.15) is 55.0 Å². The lowest BCUT2D eigenvalue weighted by Crippen LogP contribution is -2.01. The van der Waals surface area contributed by atoms with E-state index in [2.05, 4.69) is 160 Å². The molecule has 2 nitrogen and oxygen atoms in total. The summed E-state index contributed by atoms with van der Waals surface area (Å²) in [4.78, 5) is 0. The third kappa shape index (κ3) is 10.9. The summed E-state index contributed by atoms with van der Waals surface area (Å²) < 4.78 is 2.60. The number of allylic oxidation sites excluding steroid dienone is 2. The lowest BCUT2D eigenvalue weighted by atomic mass is 9.85. The normalized spacial score (nSPS) is 10.9. The van der Waals surface area contributed by atoms with Crippen LogP contribution < -0.4 is 11.5 Å². The predicted molar refractivity (Wildman–Crippen MR) is 248 cm³/mol. The summed E-state index contributed by atoms with van der Waals surface area (Å²) in [6.45, 7) is 13.6. The van der Waals surface area contributed by atoms with Crippen molar-refractivity contribution in [2.75, 3.05) is 12.8 Å². The molecular weight excluding hydrogens is 685 g/mol. The first kappa shape index (κ1) is 42.0. The Morgan fingerprint density at radius 1 is 0.582 bits per heavy atom. The Morgan fingerprint density at radius 2 is 1.18 bits per heavy atom. The van der Waals surface area contributed by atoms with E-state index in [0.717, 1.165) is 18.5 Å². The number of thiophene rings is 1. The van der Waals surface area contributed by atoms with E-state index < -0.39 is 0 Å². The molecule has 4 N–H and O–H groups in total. The summed E-state index contributed by atoms with van der Waals surface area (Å²) >= 11 is 1.80. The second kappa shape index (κ2) is 21.8. The first-order valence-corrected chi connectivity index (χ1v) is 20.0. The molecule has 9 rings (SSSR count). The lowest BCUT2D eigenvalue weighted by Gasteiger charge is -2.19. The van der Waals surface area contributed by atoms with Crippen LogP contribution in [0.15, 0.2) is 176 Å². The van der Waals surface area contributed by atoms with Crippen molar-refractivity contribution in [1.82, 2.24) is 0 Å². The Hall–Kier alpha value is -5.74. The topological polar surface area (TPSA) is 52.0 Å². The molecule has 7 aromatic carbocycles. The molecule has 0 radical (unpaired) electrons. The second-order valence-corrected chi connectivity index (χ2v) is 13.9. The second-order valence-electron chi connectivity index (χ2n) is 12.8. The molecule has 0 spiro atoms. The lowest BCUT2D eigenvalue weighted by molar-refractivity contribution is 0.977. The number of aryl methyl sites for hydroxylation is 3. The molecule has 0 unspecified atom stereocenters. The molecule has 1 aromatic heterocycles. The maximum absolute atomic E-state index is 5.75. The molecule has 0 fully saturated rings. The van der Waals surface area contributed by atoms with Crippen molar-refractivity contribution in [2.24, 2.45) is 5.73 Å². The minimum absolute atomic E-state index is 0.837. The van der Waals surface area contributed by atoms with Gasteiger partial charge in [-0.1, -0.05) is 171 Å². The summed E-state index contributed by atoms with van der Waals surface area (Å²) in [5, 5.41) is 5.24. The van der Waals surface area contributed by atoms with Crippen molar-refractivity contribution >= 4 is 53.5 Å². The van der Waals surface area contributed by atoms with Crippen molar-refractivity contribution in [1.29, 1.82) is 0 Å². The van der Waals surface area contributed by atoms with E-state index in [-0.39, 0.29) is 0 Å². The third-order valence-electron chi connectivity index (χ3n) is 9.03. The van der Waals surface area contributed by atoms with Crippen LogP contribution in [-0.4, -0.2) is 7.05 Å². The molecule has 55 heavy (non-hydrogen) atoms. The zero-order chi connectivity index (χ0) is 39.6. The van der Waals surface area contributed by atoms with Gasteiger partial charge >= 0.3 is 0 Å². The molecule has 0 saturated heterocycles. The minimum atomic E-state index is 0.837. The maximum Gasteiger partial charge on any atom is 0.0375 e. The zero-order valence-corrected chi connectivity index (χ0v) is 34.2. The molecule has 0 atom stereocenters. The highest BCUT2D eigenvalue weighted by molar-refractivity contribution is 7.25. The summed E-state index contributed by atoms with van der Waals surface area (Å²) in [5.41, 5.74) is 21.9. The Bertz CT molecular complexity index is 2430. The first-order valence-electron chi connectivity index (χ1n) is 19.2. The summed E-state index contributed by atoms with van der Waals surface area (Å²) in [5.74, 6) is 0. The quantitative estimate of drug-likeness (QED) is 0.137. The van der Waals surface area contributed by atoms with Gasteiger partial charge in [0.1, 0.15) is 0 Å². The van der Waals surface area contributed by atoms with Crippen molar-refractivity contribution in [3.63, 3.8) is 0 Å². The van der Waals surface area contributed by atoms with Crippen molar-refractivity contribution < 1.29 is 0 Å². The number of anilines is 1. The number of hydrogen-bond donors (Lipinski definition) is 2. The van der Waals surface area contributed by atoms with Crippen LogP contribution in [0.4, 0.5) is 5.69 Å². The Labute approximate surface area is 333 Å². The van der Waals surface area contributed by atoms with Crippen LogP contribution in [0, 0.1) is 13.8 Å². The average molecular weight is 741 g/mol. The van der Waals surface area contributed by atoms with E-state index in [9.17, 15) is 0 Å². The number of hydrogen-bond acceptors (Lipinski definition) is 3. The van der Waals surface area contributed by atoms with Gasteiger partial charge in [-0.3, -0.25) is 0 Å². The molecule has 8 aromatic rings. The Kier molecular flexibility index (Phi) is 16.7. The molecule has 1 heterocycles. The maximum atomic E-state index is 5.75. The van der Waals surface area contributed by atoms with Crippen LogP contribution in [0.2, 0.25) is 0 Å². The van der Waals surface area contributed by atoms with Gasteiger partial charge in [0.05, 0.1) is 0 Å². The van der Waals surface area contributed by atoms with E-state index in [4.69, 9.17) is 5.73 Å². The fourth-order valence-electron chi connectivity index (χ4n) is 6.63. The number of nitrogen functional groups attached to an aromatic ring is 1. The van der Waals surface area contributed by atoms with Crippen molar-refractivity contribution in [2.45, 2.75) is 47.5 Å². The highest BCUT2D eigenvalue weighted by atomic mass is 32.1. The van der Waals surface area contributed by atoms with E-state index in [1.165, 1.54) is 82.5 Å². The fourth-order valence-corrected chi connectivity index (χ4v) is 7.78. The van der Waals surface area contributed by atoms with E-state index in [1.54, 1.807) is 17.4 Å². The highest BCUT2D eigenvalue weighted by Crippen LogP contribution is 2.37. The van der Waals surface area contributed by atoms with Gasteiger partial charge < -0.3 is 11.5 Å². The Morgan fingerprint density at radius 3 is 1.89 bits per heavy atom. The van der Waals surface area contributed by atoms with Gasteiger partial charge in [-0.2, -0.15) is 0 Å². The smallest absolute Gasteiger partial charge is 0.0375 e. The van der Waals surface area contributed by atoms with Crippen LogP contribution in [0.25, 0.3) is 47.6 Å². The number of fused-ring (bicyclic) bond motifs is 5. The number of benzene rings is 7. The molecule has 1 aliphatic rings. The Balaban J connectivity index is 0.000000199. The third-order valence-corrected chi connectivity index (χ3v) is 10.2. The van der Waals surface area contributed by atoms with Crippen LogP contribution in [0.3, 0.4) is 0 Å². The van der Waals surface area contributed by atoms with Gasteiger partial charge in [0.2, 0.25) is 0 Å². The molecule has 0 bridgehead atoms. The molecule has 0 amide bonds. The fraction of sp³-hybridized carbons (Fsp3) is 0.154. The van der Waals surface area contributed by atoms with Crippen LogP contribution in [0.5, 0.6) is 0 Å². The summed E-state index contributed by atoms with van der Waals surface area (Å²) in [6.07, 6.45) is 6.41. The van der Waals surface area contributed by atoms with Crippen molar-refractivity contribution in [3.8, 4) is 11.1 Å². The van der Waals surface area contributed by atoms with Gasteiger partial charge in [0.25, 0.3) is 0 Å². The summed E-state index contributed by atoms with van der Waals surface area (Å²) in [7, 11) is 1.50. The molecule has 3 heteroatoms. The molecule has 0 saturated carbocycles. The van der Waals surface area contributed by atoms with E-state index in [0.29, 0.717) is 0 Å². The monoisotopic (exact) mass is 740 g/mol. The molecule has 0 aliphatic heterocycles. The number of nitrogens with two attached hydrogens (primary N) is 2. The van der Waals surface area contributed by atoms with E-state index >= 15 is 0 Å². The van der Waals surface area contributed by atoms with Crippen molar-refractivity contribution in [3.05, 3.63) is 204 Å². The van der Waals surface area contributed by atoms with Gasteiger partial charge in [0, 0.05) is 25.9 Å². The van der Waals surface area contributed by atoms with Gasteiger partial charge in [-0.25, -0.2) is 0 Å². The first-order chi connectivity index (χ1) is 27.0. The predicted octanol–water partition coefficient (Wildman–Crippen LogP) is 14.6. The minimum Gasteiger partial charge on any atom is -0.399 e. The molecule has 1 aliphatic carbocycles. The molecular formula is C52H56N2S. The van der Waals surface area contributed by atoms with Gasteiger partial charge in [0.15, 0.2) is 0 Å². The van der Waals surface area contributed by atoms with Crippen LogP contribution >= 0.6 is 11.3 Å². The number of rotatable bonds is 2. The SMILES string of the molecule is C=CC.CC.CN.Cc1cc(C2=CCCc3ccccc32)ccc1-c1cccc2ccccc12.Cc1ccccc1.Nc1ccc2c(c1)sc1ccccc12. The molecule has 280 valence electrons. The largest absolute Gasteiger partial charge is 0.399 e.